The Balaban J connectivity index is 2.56. The van der Waals surface area contributed by atoms with Gasteiger partial charge >= 0.3 is 0 Å². The Labute approximate surface area is 129 Å². The third-order valence-electron chi connectivity index (χ3n) is 3.42. The van der Waals surface area contributed by atoms with Crippen LogP contribution in [0.1, 0.15) is 29.2 Å². The Morgan fingerprint density at radius 1 is 1.14 bits per heavy atom. The fraction of sp³-hybridized carbons (Fsp3) is 0.588. The van der Waals surface area contributed by atoms with Crippen LogP contribution in [0.3, 0.4) is 0 Å². The van der Waals surface area contributed by atoms with E-state index in [0.717, 1.165) is 25.5 Å². The molecular weight excluding hydrogens is 262 g/mol. The number of nitrogens with zero attached hydrogens (tertiary/aromatic N) is 1. The van der Waals surface area contributed by atoms with Gasteiger partial charge in [0.05, 0.1) is 13.2 Å². The number of aryl methyl sites for hydroxylation is 3. The van der Waals surface area contributed by atoms with Crippen LogP contribution in [-0.4, -0.2) is 39.3 Å². The first-order valence-corrected chi connectivity index (χ1v) is 7.66. The Bertz CT molecular complexity index is 446. The molecule has 0 saturated heterocycles. The first kappa shape index (κ1) is 17.5. The minimum absolute atomic E-state index is 0.646. The maximum Gasteiger partial charge on any atom is 0.191 e. The van der Waals surface area contributed by atoms with Crippen LogP contribution >= 0.6 is 0 Å². The molecule has 1 aromatic carbocycles. The molecule has 1 aromatic rings. The highest BCUT2D eigenvalue weighted by Crippen LogP contribution is 2.16. The van der Waals surface area contributed by atoms with Crippen LogP contribution < -0.4 is 10.6 Å². The van der Waals surface area contributed by atoms with E-state index in [1.54, 1.807) is 7.11 Å². The van der Waals surface area contributed by atoms with E-state index in [9.17, 15) is 0 Å². The third-order valence-corrected chi connectivity index (χ3v) is 3.42. The van der Waals surface area contributed by atoms with Crippen molar-refractivity contribution in [2.45, 2.75) is 34.1 Å². The number of hydrogen-bond acceptors (Lipinski definition) is 2. The molecule has 118 valence electrons. The number of hydrogen-bond donors (Lipinski definition) is 2. The summed E-state index contributed by atoms with van der Waals surface area (Å²) in [6.45, 7) is 11.7. The molecule has 0 saturated carbocycles. The maximum absolute atomic E-state index is 5.02. The number of methoxy groups -OCH3 is 1. The fourth-order valence-electron chi connectivity index (χ4n) is 2.50. The van der Waals surface area contributed by atoms with Gasteiger partial charge < -0.3 is 15.4 Å². The number of guanidine groups is 1. The molecule has 4 heteroatoms. The van der Waals surface area contributed by atoms with E-state index >= 15 is 0 Å². The van der Waals surface area contributed by atoms with E-state index in [0.29, 0.717) is 13.2 Å². The van der Waals surface area contributed by atoms with Gasteiger partial charge in [0, 0.05) is 20.2 Å². The molecule has 0 amide bonds. The van der Waals surface area contributed by atoms with E-state index in [4.69, 9.17) is 4.74 Å². The first-order chi connectivity index (χ1) is 10.1. The zero-order valence-electron chi connectivity index (χ0n) is 14.0. The summed E-state index contributed by atoms with van der Waals surface area (Å²) < 4.78 is 5.02. The molecule has 21 heavy (non-hydrogen) atoms. The molecule has 0 unspecified atom stereocenters. The van der Waals surface area contributed by atoms with Crippen molar-refractivity contribution < 1.29 is 4.74 Å². The maximum atomic E-state index is 5.02. The quantitative estimate of drug-likeness (QED) is 0.460. The predicted octanol–water partition coefficient (Wildman–Crippen LogP) is 2.36. The Morgan fingerprint density at radius 2 is 1.81 bits per heavy atom. The summed E-state index contributed by atoms with van der Waals surface area (Å²) in [4.78, 5) is 4.46. The molecule has 2 N–H and O–H groups in total. The Morgan fingerprint density at radius 3 is 2.38 bits per heavy atom. The van der Waals surface area contributed by atoms with Crippen molar-refractivity contribution in [1.82, 2.24) is 10.6 Å². The fourth-order valence-corrected chi connectivity index (χ4v) is 2.50. The van der Waals surface area contributed by atoms with Crippen LogP contribution in [0.2, 0.25) is 0 Å². The molecule has 4 nitrogen and oxygen atoms in total. The largest absolute Gasteiger partial charge is 0.383 e. The van der Waals surface area contributed by atoms with Crippen LogP contribution in [0.25, 0.3) is 0 Å². The van der Waals surface area contributed by atoms with Crippen molar-refractivity contribution in [1.29, 1.82) is 0 Å². The van der Waals surface area contributed by atoms with Gasteiger partial charge in [0.1, 0.15) is 0 Å². The van der Waals surface area contributed by atoms with Gasteiger partial charge in [0.2, 0.25) is 0 Å². The molecule has 1 rings (SSSR count). The highest BCUT2D eigenvalue weighted by Gasteiger charge is 2.04. The molecule has 0 spiro atoms. The average molecular weight is 291 g/mol. The van der Waals surface area contributed by atoms with Gasteiger partial charge in [-0.2, -0.15) is 0 Å². The second-order valence-corrected chi connectivity index (χ2v) is 5.31. The van der Waals surface area contributed by atoms with E-state index in [1.807, 2.05) is 0 Å². The van der Waals surface area contributed by atoms with Crippen LogP contribution in [-0.2, 0) is 11.2 Å². The van der Waals surface area contributed by atoms with Crippen molar-refractivity contribution in [2.75, 3.05) is 33.4 Å². The summed E-state index contributed by atoms with van der Waals surface area (Å²) in [6, 6.07) is 4.50. The molecule has 0 aromatic heterocycles. The van der Waals surface area contributed by atoms with Crippen molar-refractivity contribution in [2.24, 2.45) is 4.99 Å². The summed E-state index contributed by atoms with van der Waals surface area (Å²) >= 11 is 0. The SMILES string of the molecule is CCNC(=NCCOC)NCCc1c(C)cc(C)cc1C. The number of rotatable bonds is 7. The summed E-state index contributed by atoms with van der Waals surface area (Å²) in [5.41, 5.74) is 5.50. The van der Waals surface area contributed by atoms with Gasteiger partial charge in [-0.15, -0.1) is 0 Å². The molecular formula is C17H29N3O. The summed E-state index contributed by atoms with van der Waals surface area (Å²) in [5.74, 6) is 0.858. The van der Waals surface area contributed by atoms with Crippen molar-refractivity contribution >= 4 is 5.96 Å². The molecule has 0 fully saturated rings. The van der Waals surface area contributed by atoms with E-state index in [2.05, 4.69) is 55.5 Å². The monoisotopic (exact) mass is 291 g/mol. The molecule has 0 radical (unpaired) electrons. The summed E-state index contributed by atoms with van der Waals surface area (Å²) in [6.07, 6.45) is 1.01. The number of aliphatic imine (C=N–C) groups is 1. The van der Waals surface area contributed by atoms with Gasteiger partial charge in [-0.05, 0) is 50.8 Å². The standard InChI is InChI=1S/C17H29N3O/c1-6-18-17(20-9-10-21-5)19-8-7-16-14(3)11-13(2)12-15(16)4/h11-12H,6-10H2,1-5H3,(H2,18,19,20). The third kappa shape index (κ3) is 6.17. The van der Waals surface area contributed by atoms with E-state index < -0.39 is 0 Å². The predicted molar refractivity (Wildman–Crippen MR) is 90.2 cm³/mol. The van der Waals surface area contributed by atoms with Crippen LogP contribution in [0.5, 0.6) is 0 Å². The summed E-state index contributed by atoms with van der Waals surface area (Å²) in [5, 5.41) is 6.63. The van der Waals surface area contributed by atoms with Gasteiger partial charge in [0.25, 0.3) is 0 Å². The number of ether oxygens (including phenoxy) is 1. The average Bonchev–Trinajstić information content (AvgIpc) is 2.41. The minimum atomic E-state index is 0.646. The van der Waals surface area contributed by atoms with E-state index in [-0.39, 0.29) is 0 Å². The zero-order valence-corrected chi connectivity index (χ0v) is 14.0. The Hall–Kier alpha value is -1.55. The summed E-state index contributed by atoms with van der Waals surface area (Å²) in [7, 11) is 1.69. The zero-order chi connectivity index (χ0) is 15.7. The van der Waals surface area contributed by atoms with E-state index in [1.165, 1.54) is 22.3 Å². The van der Waals surface area contributed by atoms with Crippen LogP contribution in [0.15, 0.2) is 17.1 Å². The topological polar surface area (TPSA) is 45.7 Å². The molecule has 0 aliphatic rings. The van der Waals surface area contributed by atoms with Crippen LogP contribution in [0.4, 0.5) is 0 Å². The van der Waals surface area contributed by atoms with Crippen molar-refractivity contribution in [3.05, 3.63) is 34.4 Å². The second kappa shape index (κ2) is 9.40. The smallest absolute Gasteiger partial charge is 0.191 e. The van der Waals surface area contributed by atoms with Gasteiger partial charge in [0.15, 0.2) is 5.96 Å². The minimum Gasteiger partial charge on any atom is -0.383 e. The lowest BCUT2D eigenvalue weighted by molar-refractivity contribution is 0.208. The molecule has 0 aliphatic carbocycles. The highest BCUT2D eigenvalue weighted by atomic mass is 16.5. The highest BCUT2D eigenvalue weighted by molar-refractivity contribution is 5.79. The Kier molecular flexibility index (Phi) is 7.83. The van der Waals surface area contributed by atoms with Gasteiger partial charge in [-0.1, -0.05) is 17.7 Å². The van der Waals surface area contributed by atoms with Gasteiger partial charge in [-0.3, -0.25) is 4.99 Å². The number of nitrogens with one attached hydrogen (secondary N) is 2. The lowest BCUT2D eigenvalue weighted by atomic mass is 9.97. The molecule has 0 aliphatic heterocycles. The first-order valence-electron chi connectivity index (χ1n) is 7.66. The lowest BCUT2D eigenvalue weighted by Gasteiger charge is -2.14. The molecule has 0 bridgehead atoms. The lowest BCUT2D eigenvalue weighted by Crippen LogP contribution is -2.38. The number of benzene rings is 1. The second-order valence-electron chi connectivity index (χ2n) is 5.31. The molecule has 0 atom stereocenters. The van der Waals surface area contributed by atoms with Crippen molar-refractivity contribution in [3.63, 3.8) is 0 Å². The van der Waals surface area contributed by atoms with Crippen molar-refractivity contribution in [3.8, 4) is 0 Å². The van der Waals surface area contributed by atoms with Gasteiger partial charge in [-0.25, -0.2) is 0 Å². The normalized spacial score (nSPS) is 11.6. The van der Waals surface area contributed by atoms with Crippen LogP contribution in [0, 0.1) is 20.8 Å². The molecule has 0 heterocycles.